The summed E-state index contributed by atoms with van der Waals surface area (Å²) >= 11 is 0. The second kappa shape index (κ2) is 8.60. The number of aliphatic hydroxyl groups is 6. The fourth-order valence-corrected chi connectivity index (χ4v) is 4.35. The van der Waals surface area contributed by atoms with Crippen LogP contribution in [0.15, 0.2) is 6.07 Å². The quantitative estimate of drug-likeness (QED) is 0.332. The Morgan fingerprint density at radius 2 is 1.77 bits per heavy atom. The van der Waals surface area contributed by atoms with Crippen LogP contribution in [0.5, 0.6) is 0 Å². The molecule has 0 spiro atoms. The second-order valence-corrected chi connectivity index (χ2v) is 8.39. The molecular weight excluding hydrogens is 396 g/mol. The molecule has 1 aromatic carbocycles. The van der Waals surface area contributed by atoms with Crippen molar-refractivity contribution in [2.45, 2.75) is 64.0 Å². The van der Waals surface area contributed by atoms with Crippen molar-refractivity contribution in [3.8, 4) is 0 Å². The Kier molecular flexibility index (Phi) is 6.66. The largest absolute Gasteiger partial charge is 0.395 e. The van der Waals surface area contributed by atoms with Crippen molar-refractivity contribution in [1.82, 2.24) is 0 Å². The summed E-state index contributed by atoms with van der Waals surface area (Å²) in [6.07, 6.45) is -7.44. The molecule has 30 heavy (non-hydrogen) atoms. The fraction of sp³-hybridized carbons (Fsp3) is 0.667. The van der Waals surface area contributed by atoms with E-state index in [-0.39, 0.29) is 12.4 Å². The number of aliphatic hydroxyl groups excluding tert-OH is 6. The summed E-state index contributed by atoms with van der Waals surface area (Å²) in [7, 11) is 0. The van der Waals surface area contributed by atoms with Crippen LogP contribution in [0.3, 0.4) is 0 Å². The number of fused-ring (bicyclic) bond motifs is 1. The standard InChI is InChI=1S/C21H30O9/c1-9-6-12-14(19(28)21(3,8-23)18(12)27)10(2)11(9)4-5-29-20-17(26)16(25)15(24)13(7-22)30-20/h6,13,15-18,20,22-27H,4-5,7-8H2,1-3H3/t13-,15+,16-,17-,18+,20-,21+/m1/s1. The number of Topliss-reactive ketones (excluding diaryl/α,β-unsaturated/α-hetero) is 1. The summed E-state index contributed by atoms with van der Waals surface area (Å²) in [6.45, 7) is 4.25. The van der Waals surface area contributed by atoms with Gasteiger partial charge in [0.2, 0.25) is 0 Å². The Labute approximate surface area is 174 Å². The van der Waals surface area contributed by atoms with E-state index in [4.69, 9.17) is 9.47 Å². The predicted molar refractivity (Wildman–Crippen MR) is 104 cm³/mol. The van der Waals surface area contributed by atoms with Crippen LogP contribution < -0.4 is 0 Å². The molecule has 0 unspecified atom stereocenters. The summed E-state index contributed by atoms with van der Waals surface area (Å²) in [4.78, 5) is 12.9. The van der Waals surface area contributed by atoms with Crippen molar-refractivity contribution >= 4 is 5.78 Å². The van der Waals surface area contributed by atoms with Crippen LogP contribution in [0.1, 0.15) is 45.6 Å². The molecule has 9 heteroatoms. The maximum Gasteiger partial charge on any atom is 0.186 e. The zero-order valence-electron chi connectivity index (χ0n) is 17.3. The minimum Gasteiger partial charge on any atom is -0.395 e. The zero-order valence-corrected chi connectivity index (χ0v) is 17.3. The Hall–Kier alpha value is -1.43. The maximum atomic E-state index is 12.9. The monoisotopic (exact) mass is 426 g/mol. The van der Waals surface area contributed by atoms with Crippen molar-refractivity contribution in [3.05, 3.63) is 33.9 Å². The number of hydrogen-bond acceptors (Lipinski definition) is 9. The molecule has 1 aliphatic heterocycles. The van der Waals surface area contributed by atoms with Gasteiger partial charge in [-0.1, -0.05) is 6.07 Å². The molecule has 2 aliphatic rings. The lowest BCUT2D eigenvalue weighted by Crippen LogP contribution is -2.59. The van der Waals surface area contributed by atoms with Crippen molar-refractivity contribution < 1.29 is 44.9 Å². The van der Waals surface area contributed by atoms with Crippen LogP contribution in [0, 0.1) is 19.3 Å². The van der Waals surface area contributed by atoms with Crippen LogP contribution in [0.25, 0.3) is 0 Å². The lowest BCUT2D eigenvalue weighted by atomic mass is 9.84. The van der Waals surface area contributed by atoms with Crippen LogP contribution in [-0.4, -0.2) is 86.9 Å². The Balaban J connectivity index is 1.76. The molecule has 7 atom stereocenters. The average Bonchev–Trinajstić information content (AvgIpc) is 2.91. The van der Waals surface area contributed by atoms with E-state index in [1.807, 2.05) is 6.92 Å². The van der Waals surface area contributed by atoms with Crippen LogP contribution in [-0.2, 0) is 15.9 Å². The molecule has 168 valence electrons. The molecule has 6 N–H and O–H groups in total. The molecule has 1 heterocycles. The first-order chi connectivity index (χ1) is 14.1. The first-order valence-corrected chi connectivity index (χ1v) is 9.97. The third-order valence-corrected chi connectivity index (χ3v) is 6.42. The Bertz CT molecular complexity index is 808. The van der Waals surface area contributed by atoms with Gasteiger partial charge in [0, 0.05) is 5.56 Å². The predicted octanol–water partition coefficient (Wildman–Crippen LogP) is -1.11. The summed E-state index contributed by atoms with van der Waals surface area (Å²) < 4.78 is 10.9. The Morgan fingerprint density at radius 3 is 2.37 bits per heavy atom. The molecule has 0 radical (unpaired) electrons. The number of benzene rings is 1. The summed E-state index contributed by atoms with van der Waals surface area (Å²) in [6, 6.07) is 1.75. The molecule has 3 rings (SSSR count). The Morgan fingerprint density at radius 1 is 1.10 bits per heavy atom. The van der Waals surface area contributed by atoms with E-state index >= 15 is 0 Å². The zero-order chi connectivity index (χ0) is 22.4. The van der Waals surface area contributed by atoms with Crippen molar-refractivity contribution in [2.24, 2.45) is 5.41 Å². The molecule has 0 amide bonds. The number of ether oxygens (including phenoxy) is 2. The molecular formula is C21H30O9. The molecule has 0 bridgehead atoms. The van der Waals surface area contributed by atoms with Crippen molar-refractivity contribution in [3.63, 3.8) is 0 Å². The van der Waals surface area contributed by atoms with Crippen LogP contribution in [0.2, 0.25) is 0 Å². The maximum absolute atomic E-state index is 12.9. The molecule has 0 aromatic heterocycles. The van der Waals surface area contributed by atoms with E-state index in [2.05, 4.69) is 0 Å². The highest BCUT2D eigenvalue weighted by Gasteiger charge is 2.50. The first-order valence-electron chi connectivity index (χ1n) is 9.97. The fourth-order valence-electron chi connectivity index (χ4n) is 4.35. The first kappa shape index (κ1) is 23.2. The molecule has 1 aromatic rings. The van der Waals surface area contributed by atoms with Crippen LogP contribution >= 0.6 is 0 Å². The van der Waals surface area contributed by atoms with E-state index in [1.54, 1.807) is 13.0 Å². The number of carbonyl (C=O) groups is 1. The highest BCUT2D eigenvalue weighted by atomic mass is 16.7. The lowest BCUT2D eigenvalue weighted by molar-refractivity contribution is -0.300. The van der Waals surface area contributed by atoms with Gasteiger partial charge in [-0.05, 0) is 49.4 Å². The highest BCUT2D eigenvalue weighted by Crippen LogP contribution is 2.47. The van der Waals surface area contributed by atoms with Gasteiger partial charge < -0.3 is 40.1 Å². The average molecular weight is 426 g/mol. The van der Waals surface area contributed by atoms with E-state index in [0.29, 0.717) is 23.1 Å². The smallest absolute Gasteiger partial charge is 0.186 e. The van der Waals surface area contributed by atoms with Gasteiger partial charge in [-0.3, -0.25) is 4.79 Å². The van der Waals surface area contributed by atoms with E-state index in [1.165, 1.54) is 6.92 Å². The minimum absolute atomic E-state index is 0.0805. The molecule has 1 fully saturated rings. The van der Waals surface area contributed by atoms with Gasteiger partial charge in [-0.25, -0.2) is 0 Å². The van der Waals surface area contributed by atoms with E-state index in [0.717, 1.165) is 11.1 Å². The van der Waals surface area contributed by atoms with E-state index in [9.17, 15) is 35.4 Å². The number of ketones is 1. The van der Waals surface area contributed by atoms with Crippen molar-refractivity contribution in [2.75, 3.05) is 19.8 Å². The van der Waals surface area contributed by atoms with Gasteiger partial charge >= 0.3 is 0 Å². The lowest BCUT2D eigenvalue weighted by Gasteiger charge is -2.39. The molecule has 9 nitrogen and oxygen atoms in total. The summed E-state index contributed by atoms with van der Waals surface area (Å²) in [5.41, 5.74) is 2.02. The van der Waals surface area contributed by atoms with E-state index < -0.39 is 55.4 Å². The van der Waals surface area contributed by atoms with Crippen molar-refractivity contribution in [1.29, 1.82) is 0 Å². The SMILES string of the molecule is Cc1cc2c(c(C)c1CCO[C@@H]1O[C@H](CO)[C@H](O)[C@@H](O)[C@H]1O)C(=O)[C@@](C)(CO)[C@H]2O. The van der Waals surface area contributed by atoms with Crippen LogP contribution in [0.4, 0.5) is 0 Å². The van der Waals surface area contributed by atoms with Gasteiger partial charge in [0.05, 0.1) is 31.3 Å². The number of carbonyl (C=O) groups excluding carboxylic acids is 1. The topological polar surface area (TPSA) is 157 Å². The van der Waals surface area contributed by atoms with Gasteiger partial charge in [-0.15, -0.1) is 0 Å². The third-order valence-electron chi connectivity index (χ3n) is 6.42. The minimum atomic E-state index is -1.51. The summed E-state index contributed by atoms with van der Waals surface area (Å²) in [5.74, 6) is -0.305. The highest BCUT2D eigenvalue weighted by molar-refractivity contribution is 6.07. The number of aryl methyl sites for hydroxylation is 1. The third kappa shape index (κ3) is 3.59. The van der Waals surface area contributed by atoms with Gasteiger partial charge in [0.15, 0.2) is 12.1 Å². The summed E-state index contributed by atoms with van der Waals surface area (Å²) in [5, 5.41) is 59.2. The van der Waals surface area contributed by atoms with Gasteiger partial charge in [0.1, 0.15) is 24.4 Å². The normalized spacial score (nSPS) is 36.2. The second-order valence-electron chi connectivity index (χ2n) is 8.39. The van der Waals surface area contributed by atoms with Gasteiger partial charge in [-0.2, -0.15) is 0 Å². The molecule has 1 saturated heterocycles. The molecule has 0 saturated carbocycles. The number of hydrogen-bond donors (Lipinski definition) is 6. The van der Waals surface area contributed by atoms with Gasteiger partial charge in [0.25, 0.3) is 0 Å². The molecule has 1 aliphatic carbocycles. The number of rotatable bonds is 6.